The maximum absolute atomic E-state index is 9.70. The van der Waals surface area contributed by atoms with Crippen LogP contribution in [0.5, 0.6) is 0 Å². The monoisotopic (exact) mass is 521 g/mol. The normalized spacial score (nSPS) is 32.1. The lowest BCUT2D eigenvalue weighted by Gasteiger charge is -2.27. The summed E-state index contributed by atoms with van der Waals surface area (Å²) in [5, 5.41) is 0.143. The summed E-state index contributed by atoms with van der Waals surface area (Å²) < 4.78 is 280. The van der Waals surface area contributed by atoms with Crippen LogP contribution in [0.4, 0.5) is 0 Å². The number of hydrogen-bond acceptors (Lipinski definition) is 0. The number of hydrogen-bond donors (Lipinski definition) is 0. The van der Waals surface area contributed by atoms with Crippen LogP contribution in [0.25, 0.3) is 0 Å². The fourth-order valence-corrected chi connectivity index (χ4v) is 6.45. The average molecular weight is 521 g/mol. The van der Waals surface area contributed by atoms with E-state index in [9.17, 15) is 5.48 Å². The van der Waals surface area contributed by atoms with Gasteiger partial charge in [0.25, 0.3) is 0 Å². The van der Waals surface area contributed by atoms with Crippen molar-refractivity contribution in [2.24, 2.45) is 0 Å². The van der Waals surface area contributed by atoms with Crippen molar-refractivity contribution in [2.75, 3.05) is 6.11 Å². The molecule has 0 aliphatic carbocycles. The maximum atomic E-state index is 9.70. The van der Waals surface area contributed by atoms with Crippen molar-refractivity contribution in [1.29, 1.82) is 0 Å². The molecule has 0 saturated carbocycles. The molecule has 188 valence electrons. The number of rotatable bonds is 18. The van der Waals surface area contributed by atoms with Crippen LogP contribution < -0.4 is 15.9 Å². The van der Waals surface area contributed by atoms with E-state index in [1.807, 2.05) is 0 Å². The Bertz CT molecular complexity index is 2130. The van der Waals surface area contributed by atoms with Crippen molar-refractivity contribution < 1.29 is 45.2 Å². The molecule has 3 aromatic carbocycles. The lowest BCUT2D eigenvalue weighted by Crippen LogP contribution is -2.33. The first-order valence-corrected chi connectivity index (χ1v) is 12.2. The van der Waals surface area contributed by atoms with Gasteiger partial charge in [-0.2, -0.15) is 0 Å². The van der Waals surface area contributed by atoms with Crippen molar-refractivity contribution in [3.63, 3.8) is 0 Å². The fourth-order valence-electron chi connectivity index (χ4n) is 3.08. The third-order valence-electron chi connectivity index (χ3n) is 4.47. The Hall–Kier alpha value is -1.91. The minimum atomic E-state index is -5.17. The van der Waals surface area contributed by atoms with Crippen molar-refractivity contribution in [3.05, 3.63) is 91.0 Å². The predicted octanol–water partition coefficient (Wildman–Crippen LogP) is 9.46. The fraction of sp³-hybridized carbons (Fsp3) is 0.471. The quantitative estimate of drug-likeness (QED) is 0.146. The Morgan fingerprint density at radius 2 is 0.771 bits per heavy atom. The van der Waals surface area contributed by atoms with E-state index in [-0.39, 0.29) is 15.9 Å². The molecule has 0 fully saturated rings. The van der Waals surface area contributed by atoms with E-state index in [1.165, 1.54) is 91.0 Å². The van der Waals surface area contributed by atoms with Gasteiger partial charge in [0.2, 0.25) is 0 Å². The van der Waals surface area contributed by atoms with E-state index in [0.29, 0.717) is 0 Å². The van der Waals surface area contributed by atoms with Crippen LogP contribution >= 0.6 is 7.26 Å². The summed E-state index contributed by atoms with van der Waals surface area (Å²) in [7, 11) is -4.36. The summed E-state index contributed by atoms with van der Waals surface area (Å²) in [6.07, 6.45) is -72.5. The molecule has 35 heavy (non-hydrogen) atoms. The Balaban J connectivity index is 2.34. The molecule has 0 amide bonds. The van der Waals surface area contributed by atoms with Gasteiger partial charge in [-0.15, -0.1) is 0 Å². The van der Waals surface area contributed by atoms with Crippen molar-refractivity contribution in [3.8, 4) is 0 Å². The summed E-state index contributed by atoms with van der Waals surface area (Å²) in [4.78, 5) is 0. The minimum Gasteiger partial charge on any atom is -0.0654 e. The average Bonchev–Trinajstić information content (AvgIpc) is 3.20. The second kappa shape index (κ2) is 16.7. The van der Waals surface area contributed by atoms with Crippen LogP contribution in [0.3, 0.4) is 0 Å². The maximum Gasteiger partial charge on any atom is 0.112 e. The van der Waals surface area contributed by atoms with Gasteiger partial charge in [0.15, 0.2) is 0 Å². The van der Waals surface area contributed by atoms with Crippen LogP contribution in [0.2, 0.25) is 0 Å². The molecular formula is C34H48P+. The Morgan fingerprint density at radius 1 is 0.457 bits per heavy atom. The van der Waals surface area contributed by atoms with Gasteiger partial charge in [-0.1, -0.05) is 138 Å². The first-order chi connectivity index (χ1) is 29.8. The second-order valence-corrected chi connectivity index (χ2v) is 9.65. The molecule has 1 heteroatoms. The Labute approximate surface area is 263 Å². The summed E-state index contributed by atoms with van der Waals surface area (Å²) in [6.45, 7) is -4.13. The largest absolute Gasteiger partial charge is 0.112 e. The van der Waals surface area contributed by atoms with Gasteiger partial charge in [-0.25, -0.2) is 0 Å². The van der Waals surface area contributed by atoms with Gasteiger partial charge < -0.3 is 0 Å². The van der Waals surface area contributed by atoms with Crippen molar-refractivity contribution in [2.45, 2.75) is 96.1 Å². The molecule has 0 aromatic heterocycles. The Kier molecular flexibility index (Phi) is 3.51. The predicted molar refractivity (Wildman–Crippen MR) is 160 cm³/mol. The molecule has 0 nitrogen and oxygen atoms in total. The van der Waals surface area contributed by atoms with Gasteiger partial charge >= 0.3 is 0 Å². The molecule has 0 atom stereocenters. The van der Waals surface area contributed by atoms with E-state index in [2.05, 4.69) is 0 Å². The zero-order valence-corrected chi connectivity index (χ0v) is 19.5. The zero-order valence-electron chi connectivity index (χ0n) is 51.6. The molecule has 0 N–H and O–H groups in total. The molecule has 0 radical (unpaired) electrons. The van der Waals surface area contributed by atoms with Crippen LogP contribution in [0.1, 0.15) is 141 Å². The zero-order chi connectivity index (χ0) is 53.8. The topological polar surface area (TPSA) is 0 Å². The lowest BCUT2D eigenvalue weighted by molar-refractivity contribution is 0.538. The van der Waals surface area contributed by atoms with Crippen molar-refractivity contribution >= 4 is 23.2 Å². The van der Waals surface area contributed by atoms with Gasteiger partial charge in [0.1, 0.15) is 23.2 Å². The highest BCUT2D eigenvalue weighted by molar-refractivity contribution is 7.95. The van der Waals surface area contributed by atoms with Crippen molar-refractivity contribution in [1.82, 2.24) is 0 Å². The van der Waals surface area contributed by atoms with Gasteiger partial charge in [0.05, 0.1) is 8.86 Å². The van der Waals surface area contributed by atoms with E-state index in [0.717, 1.165) is 0 Å². The highest BCUT2D eigenvalue weighted by Gasteiger charge is 2.44. The molecule has 0 heterocycles. The third-order valence-corrected chi connectivity index (χ3v) is 8.13. The molecular weight excluding hydrogens is 439 g/mol. The SMILES string of the molecule is [2H]C([2H])([2H])C([2H])([2H])C([2H])([2H])C([2H])([2H])C([2H])([2H])C([2H])([2H])C([2H])([2H])C([2H])([2H])C([2H])([2H])C([2H])([2H])C([2H])([2H])C([2H])([2H])C([2H])([2H])C([2H])([2H])C([2H])([2H])C([2H])([2H])[P+](c1ccccc1)(c1ccccc1)c1ccccc1. The summed E-state index contributed by atoms with van der Waals surface area (Å²) in [5.74, 6) is 0. The highest BCUT2D eigenvalue weighted by Crippen LogP contribution is 2.56. The lowest BCUT2D eigenvalue weighted by atomic mass is 10.0. The molecule has 0 aliphatic heterocycles. The van der Waals surface area contributed by atoms with Gasteiger partial charge in [-0.05, 0) is 49.1 Å². The van der Waals surface area contributed by atoms with E-state index in [1.54, 1.807) is 0 Å². The van der Waals surface area contributed by atoms with Crippen LogP contribution in [0, 0.1) is 0 Å². The molecule has 3 aromatic rings. The molecule has 0 aliphatic rings. The molecule has 0 saturated heterocycles. The minimum absolute atomic E-state index is 0.0476. The number of benzene rings is 3. The smallest absolute Gasteiger partial charge is 0.0654 e. The van der Waals surface area contributed by atoms with Crippen LogP contribution in [-0.2, 0) is 0 Å². The van der Waals surface area contributed by atoms with E-state index >= 15 is 0 Å². The third kappa shape index (κ3) is 8.91. The molecule has 0 unspecified atom stereocenters. The first-order valence-electron chi connectivity index (χ1n) is 26.9. The van der Waals surface area contributed by atoms with Crippen LogP contribution in [-0.4, -0.2) is 6.11 Å². The van der Waals surface area contributed by atoms with Gasteiger partial charge in [0, 0.05) is 42.5 Å². The molecule has 3 rings (SSSR count). The van der Waals surface area contributed by atoms with E-state index < -0.39 is 109 Å². The molecule has 0 bridgehead atoms. The van der Waals surface area contributed by atoms with Crippen LogP contribution in [0.15, 0.2) is 91.0 Å². The first kappa shape index (κ1) is 7.35. The van der Waals surface area contributed by atoms with E-state index in [4.69, 9.17) is 39.8 Å². The van der Waals surface area contributed by atoms with Gasteiger partial charge in [-0.3, -0.25) is 0 Å². The summed E-state index contributed by atoms with van der Waals surface area (Å²) in [5.41, 5.74) is 0. The molecule has 0 spiro atoms. The highest BCUT2D eigenvalue weighted by atomic mass is 31.2. The summed E-state index contributed by atoms with van der Waals surface area (Å²) >= 11 is 0. The summed E-state index contributed by atoms with van der Waals surface area (Å²) in [6, 6.07) is 21.6. The second-order valence-electron chi connectivity index (χ2n) is 6.54. The standard InChI is InChI=1S/C34H48P/c1-2-3-4-5-6-7-8-9-10-11-12-13-14-24-31-35(32-25-18-15-19-26-32,33-27-20-16-21-28-33)34-29-22-17-23-30-34/h15-23,25-30H,2-14,24,31H2,1H3/q+1/i1D3,2D2,3D2,4D2,5D2,6D2,7D2,8D2,9D2,10D2,11D2,12D2,13D2,14D2,24D2,31D2. The Morgan fingerprint density at radius 3 is 1.11 bits per heavy atom.